The lowest BCUT2D eigenvalue weighted by molar-refractivity contribution is 0.0847. The lowest BCUT2D eigenvalue weighted by atomic mass is 9.87. The molecule has 0 bridgehead atoms. The van der Waals surface area contributed by atoms with Crippen LogP contribution in [0.15, 0.2) is 30.3 Å². The van der Waals surface area contributed by atoms with Gasteiger partial charge in [-0.25, -0.2) is 0 Å². The summed E-state index contributed by atoms with van der Waals surface area (Å²) in [5.41, 5.74) is 1.24. The summed E-state index contributed by atoms with van der Waals surface area (Å²) in [6, 6.07) is 10.2. The number of aliphatic hydroxyl groups excluding tert-OH is 3. The third kappa shape index (κ3) is 5.57. The smallest absolute Gasteiger partial charge is 0.0608 e. The first-order valence-corrected chi connectivity index (χ1v) is 8.90. The highest BCUT2D eigenvalue weighted by Gasteiger charge is 2.40. The van der Waals surface area contributed by atoms with Crippen LogP contribution in [0.25, 0.3) is 0 Å². The molecular weight excluding hydrogens is 290 g/mol. The summed E-state index contributed by atoms with van der Waals surface area (Å²) in [5, 5.41) is 33.8. The Kier molecular flexibility index (Phi) is 7.50. The molecule has 0 amide bonds. The molecule has 4 nitrogen and oxygen atoms in total. The highest BCUT2D eigenvalue weighted by Crippen LogP contribution is 2.35. The van der Waals surface area contributed by atoms with Crippen LogP contribution in [0.5, 0.6) is 0 Å². The van der Waals surface area contributed by atoms with Crippen molar-refractivity contribution in [3.8, 4) is 0 Å². The zero-order valence-corrected chi connectivity index (χ0v) is 14.1. The number of aliphatic hydroxyl groups is 3. The van der Waals surface area contributed by atoms with E-state index >= 15 is 0 Å². The van der Waals surface area contributed by atoms with Crippen LogP contribution in [-0.2, 0) is 6.42 Å². The normalized spacial score (nSPS) is 28.9. The van der Waals surface area contributed by atoms with Crippen molar-refractivity contribution >= 4 is 0 Å². The molecule has 1 saturated carbocycles. The highest BCUT2D eigenvalue weighted by atomic mass is 16.3. The molecule has 1 aromatic carbocycles. The third-order valence-electron chi connectivity index (χ3n) is 5.09. The average Bonchev–Trinajstić information content (AvgIpc) is 2.83. The number of nitrogens with one attached hydrogen (secondary N) is 1. The molecule has 5 atom stereocenters. The maximum atomic E-state index is 10.2. The summed E-state index contributed by atoms with van der Waals surface area (Å²) < 4.78 is 0. The number of rotatable bonds is 9. The topological polar surface area (TPSA) is 72.7 Å². The van der Waals surface area contributed by atoms with Gasteiger partial charge in [0.25, 0.3) is 0 Å². The van der Waals surface area contributed by atoms with Crippen molar-refractivity contribution in [3.63, 3.8) is 0 Å². The maximum absolute atomic E-state index is 10.2. The number of hydrogen-bond acceptors (Lipinski definition) is 4. The summed E-state index contributed by atoms with van der Waals surface area (Å²) in [7, 11) is 0. The van der Waals surface area contributed by atoms with Gasteiger partial charge in [-0.15, -0.1) is 0 Å². The average molecular weight is 321 g/mol. The lowest BCUT2D eigenvalue weighted by Gasteiger charge is -2.24. The van der Waals surface area contributed by atoms with E-state index in [9.17, 15) is 15.3 Å². The van der Waals surface area contributed by atoms with Crippen molar-refractivity contribution in [2.24, 2.45) is 11.8 Å². The molecule has 1 aliphatic carbocycles. The van der Waals surface area contributed by atoms with Crippen molar-refractivity contribution in [1.29, 1.82) is 0 Å². The van der Waals surface area contributed by atoms with E-state index in [1.54, 1.807) is 0 Å². The molecule has 0 heterocycles. The molecule has 0 saturated heterocycles. The Morgan fingerprint density at radius 1 is 1.09 bits per heavy atom. The van der Waals surface area contributed by atoms with Gasteiger partial charge in [0.05, 0.1) is 18.3 Å². The van der Waals surface area contributed by atoms with Crippen LogP contribution in [0, 0.1) is 11.8 Å². The minimum absolute atomic E-state index is 0.0791. The van der Waals surface area contributed by atoms with Gasteiger partial charge in [-0.05, 0) is 50.1 Å². The molecule has 1 aliphatic rings. The lowest BCUT2D eigenvalue weighted by Crippen LogP contribution is -2.33. The van der Waals surface area contributed by atoms with Crippen LogP contribution in [0.4, 0.5) is 0 Å². The Morgan fingerprint density at radius 2 is 1.78 bits per heavy atom. The minimum Gasteiger partial charge on any atom is -0.393 e. The Morgan fingerprint density at radius 3 is 2.48 bits per heavy atom. The fraction of sp³-hybridized carbons (Fsp3) is 0.684. The van der Waals surface area contributed by atoms with Gasteiger partial charge < -0.3 is 20.6 Å². The fourth-order valence-corrected chi connectivity index (χ4v) is 3.68. The molecule has 4 N–H and O–H groups in total. The van der Waals surface area contributed by atoms with Crippen LogP contribution in [-0.4, -0.2) is 46.7 Å². The van der Waals surface area contributed by atoms with E-state index in [4.69, 9.17) is 0 Å². The zero-order valence-electron chi connectivity index (χ0n) is 14.1. The molecule has 1 aromatic rings. The highest BCUT2D eigenvalue weighted by molar-refractivity contribution is 5.14. The van der Waals surface area contributed by atoms with Gasteiger partial charge in [0, 0.05) is 12.5 Å². The molecule has 2 rings (SSSR count). The van der Waals surface area contributed by atoms with Crippen molar-refractivity contribution in [2.45, 2.75) is 57.3 Å². The van der Waals surface area contributed by atoms with Gasteiger partial charge in [0.1, 0.15) is 0 Å². The van der Waals surface area contributed by atoms with Gasteiger partial charge in [-0.2, -0.15) is 0 Å². The number of benzene rings is 1. The number of aryl methyl sites for hydroxylation is 1. The third-order valence-corrected chi connectivity index (χ3v) is 5.09. The van der Waals surface area contributed by atoms with Crippen molar-refractivity contribution in [3.05, 3.63) is 35.9 Å². The van der Waals surface area contributed by atoms with Crippen molar-refractivity contribution < 1.29 is 15.3 Å². The van der Waals surface area contributed by atoms with Gasteiger partial charge in [-0.1, -0.05) is 37.3 Å². The summed E-state index contributed by atoms with van der Waals surface area (Å²) in [6.07, 6.45) is 2.30. The van der Waals surface area contributed by atoms with E-state index in [2.05, 4.69) is 17.4 Å². The van der Waals surface area contributed by atoms with Crippen LogP contribution < -0.4 is 5.32 Å². The van der Waals surface area contributed by atoms with E-state index < -0.39 is 12.2 Å². The summed E-state index contributed by atoms with van der Waals surface area (Å²) >= 11 is 0. The van der Waals surface area contributed by atoms with Crippen molar-refractivity contribution in [2.75, 3.05) is 13.1 Å². The molecule has 4 heteroatoms. The first-order valence-electron chi connectivity index (χ1n) is 8.90. The standard InChI is InChI=1S/C19H31NO3/c1-2-20-13-17-16(18(22)12-19(17)23)11-10-15(21)9-8-14-6-4-3-5-7-14/h3-7,15-23H,2,8-13H2,1H3/t15-,16+,17+,18+,19-/m0/s1. The van der Waals surface area contributed by atoms with Crippen LogP contribution in [0.3, 0.4) is 0 Å². The largest absolute Gasteiger partial charge is 0.393 e. The Bertz CT molecular complexity index is 440. The van der Waals surface area contributed by atoms with Gasteiger partial charge in [-0.3, -0.25) is 0 Å². The first-order chi connectivity index (χ1) is 11.1. The molecule has 0 radical (unpaired) electrons. The number of hydrogen-bond donors (Lipinski definition) is 4. The molecule has 23 heavy (non-hydrogen) atoms. The molecule has 0 aromatic heterocycles. The Hall–Kier alpha value is -0.940. The van der Waals surface area contributed by atoms with Gasteiger partial charge >= 0.3 is 0 Å². The summed E-state index contributed by atoms with van der Waals surface area (Å²) in [5.74, 6) is 0.168. The quantitative estimate of drug-likeness (QED) is 0.559. The Balaban J connectivity index is 1.76. The van der Waals surface area contributed by atoms with E-state index in [1.807, 2.05) is 25.1 Å². The van der Waals surface area contributed by atoms with E-state index in [0.29, 0.717) is 12.8 Å². The predicted molar refractivity (Wildman–Crippen MR) is 92.2 cm³/mol. The van der Waals surface area contributed by atoms with Crippen molar-refractivity contribution in [1.82, 2.24) is 5.32 Å². The van der Waals surface area contributed by atoms with Crippen LogP contribution in [0.2, 0.25) is 0 Å². The fourth-order valence-electron chi connectivity index (χ4n) is 3.68. The minimum atomic E-state index is -0.449. The molecule has 0 aliphatic heterocycles. The van der Waals surface area contributed by atoms with Crippen LogP contribution >= 0.6 is 0 Å². The van der Waals surface area contributed by atoms with Crippen LogP contribution in [0.1, 0.15) is 38.2 Å². The second-order valence-corrected chi connectivity index (χ2v) is 6.76. The van der Waals surface area contributed by atoms with E-state index in [1.165, 1.54) is 5.56 Å². The molecule has 130 valence electrons. The van der Waals surface area contributed by atoms with E-state index in [-0.39, 0.29) is 17.9 Å². The monoisotopic (exact) mass is 321 g/mol. The van der Waals surface area contributed by atoms with E-state index in [0.717, 1.165) is 32.4 Å². The Labute approximate surface area is 139 Å². The molecule has 0 spiro atoms. The maximum Gasteiger partial charge on any atom is 0.0608 e. The second kappa shape index (κ2) is 9.38. The summed E-state index contributed by atoms with van der Waals surface area (Å²) in [4.78, 5) is 0. The second-order valence-electron chi connectivity index (χ2n) is 6.76. The predicted octanol–water partition coefficient (Wildman–Crippen LogP) is 1.73. The van der Waals surface area contributed by atoms with Gasteiger partial charge in [0.15, 0.2) is 0 Å². The zero-order chi connectivity index (χ0) is 16.7. The summed E-state index contributed by atoms with van der Waals surface area (Å²) in [6.45, 7) is 3.64. The van der Waals surface area contributed by atoms with Gasteiger partial charge in [0.2, 0.25) is 0 Å². The SMILES string of the molecule is CCNC[C@@H]1[C@@H](CC[C@@H](O)CCc2ccccc2)[C@H](O)C[C@@H]1O. The first kappa shape index (κ1) is 18.4. The molecule has 1 fully saturated rings. The molecule has 0 unspecified atom stereocenters. The molecular formula is C19H31NO3.